The third kappa shape index (κ3) is 5.35. The molecule has 1 amide bonds. The topological polar surface area (TPSA) is 60.5 Å². The fraction of sp³-hybridized carbons (Fsp3) is 0.304. The highest BCUT2D eigenvalue weighted by molar-refractivity contribution is 7.14. The van der Waals surface area contributed by atoms with Gasteiger partial charge in [-0.1, -0.05) is 20.3 Å². The van der Waals surface area contributed by atoms with Crippen molar-refractivity contribution in [2.75, 3.05) is 12.4 Å². The lowest BCUT2D eigenvalue weighted by Crippen LogP contribution is -2.10. The van der Waals surface area contributed by atoms with Crippen molar-refractivity contribution in [2.45, 2.75) is 39.7 Å². The Kier molecular flexibility index (Phi) is 7.25. The fourth-order valence-electron chi connectivity index (χ4n) is 3.02. The standard InChI is InChI=1S/C23H26N2O3S/c1-4-6-21-17(5-2)13-22(29-21)23(26)25-18-7-8-19(27-3)20(14-18)28-15-16-9-11-24-12-10-16/h7-14H,4-6,15H2,1-3H3,(H,25,26). The van der Waals surface area contributed by atoms with Crippen LogP contribution in [0.4, 0.5) is 5.69 Å². The molecule has 1 aromatic carbocycles. The Bertz CT molecular complexity index is 954. The van der Waals surface area contributed by atoms with Gasteiger partial charge in [-0.3, -0.25) is 9.78 Å². The van der Waals surface area contributed by atoms with E-state index in [1.54, 1.807) is 43.0 Å². The number of thiophene rings is 1. The maximum Gasteiger partial charge on any atom is 0.265 e. The van der Waals surface area contributed by atoms with Crippen molar-refractivity contribution >= 4 is 22.9 Å². The SMILES string of the molecule is CCCc1sc(C(=O)Nc2ccc(OC)c(OCc3ccncc3)c2)cc1CC. The highest BCUT2D eigenvalue weighted by Gasteiger charge is 2.15. The van der Waals surface area contributed by atoms with E-state index in [0.29, 0.717) is 23.8 Å². The number of amides is 1. The van der Waals surface area contributed by atoms with Gasteiger partial charge in [-0.15, -0.1) is 11.3 Å². The molecular formula is C23H26N2O3S. The monoisotopic (exact) mass is 410 g/mol. The van der Waals surface area contributed by atoms with Crippen molar-refractivity contribution in [1.82, 2.24) is 4.98 Å². The zero-order chi connectivity index (χ0) is 20.6. The van der Waals surface area contributed by atoms with Crippen molar-refractivity contribution in [3.05, 3.63) is 69.7 Å². The molecule has 0 saturated carbocycles. The fourth-order valence-corrected chi connectivity index (χ4v) is 4.27. The van der Waals surface area contributed by atoms with E-state index in [9.17, 15) is 4.79 Å². The van der Waals surface area contributed by atoms with Crippen LogP contribution in [0.3, 0.4) is 0 Å². The van der Waals surface area contributed by atoms with Gasteiger partial charge in [0.25, 0.3) is 5.91 Å². The summed E-state index contributed by atoms with van der Waals surface area (Å²) in [5.74, 6) is 1.10. The van der Waals surface area contributed by atoms with Gasteiger partial charge in [0.05, 0.1) is 12.0 Å². The molecule has 0 radical (unpaired) electrons. The Hall–Kier alpha value is -2.86. The summed E-state index contributed by atoms with van der Waals surface area (Å²) in [6.07, 6.45) is 6.48. The first kappa shape index (κ1) is 20.9. The van der Waals surface area contributed by atoms with Gasteiger partial charge in [-0.05, 0) is 54.3 Å². The number of carbonyl (C=O) groups is 1. The first-order valence-electron chi connectivity index (χ1n) is 9.77. The highest BCUT2D eigenvalue weighted by atomic mass is 32.1. The number of pyridine rings is 1. The largest absolute Gasteiger partial charge is 0.493 e. The van der Waals surface area contributed by atoms with Crippen LogP contribution in [0, 0.1) is 0 Å². The molecule has 29 heavy (non-hydrogen) atoms. The number of rotatable bonds is 9. The van der Waals surface area contributed by atoms with Crippen LogP contribution >= 0.6 is 11.3 Å². The quantitative estimate of drug-likeness (QED) is 0.506. The molecule has 1 N–H and O–H groups in total. The van der Waals surface area contributed by atoms with Crippen LogP contribution in [-0.2, 0) is 19.4 Å². The molecular weight excluding hydrogens is 384 g/mol. The maximum absolute atomic E-state index is 12.8. The number of hydrogen-bond acceptors (Lipinski definition) is 5. The van der Waals surface area contributed by atoms with E-state index < -0.39 is 0 Å². The first-order valence-corrected chi connectivity index (χ1v) is 10.6. The van der Waals surface area contributed by atoms with Crippen LogP contribution in [0.25, 0.3) is 0 Å². The second-order valence-corrected chi connectivity index (χ2v) is 7.76. The molecule has 0 unspecified atom stereocenters. The van der Waals surface area contributed by atoms with Gasteiger partial charge < -0.3 is 14.8 Å². The van der Waals surface area contributed by atoms with Crippen molar-refractivity contribution in [3.8, 4) is 11.5 Å². The van der Waals surface area contributed by atoms with Crippen molar-refractivity contribution in [2.24, 2.45) is 0 Å². The normalized spacial score (nSPS) is 10.6. The summed E-state index contributed by atoms with van der Waals surface area (Å²) in [4.78, 5) is 18.8. The summed E-state index contributed by atoms with van der Waals surface area (Å²) in [5.41, 5.74) is 2.94. The number of ether oxygens (including phenoxy) is 2. The Labute approximate surface area is 175 Å². The van der Waals surface area contributed by atoms with Crippen LogP contribution in [0.15, 0.2) is 48.8 Å². The van der Waals surface area contributed by atoms with Gasteiger partial charge in [-0.2, -0.15) is 0 Å². The third-order valence-corrected chi connectivity index (χ3v) is 5.78. The molecule has 0 saturated heterocycles. The van der Waals surface area contributed by atoms with Gasteiger partial charge in [0.15, 0.2) is 11.5 Å². The lowest BCUT2D eigenvalue weighted by atomic mass is 10.1. The van der Waals surface area contributed by atoms with Crippen molar-refractivity contribution in [1.29, 1.82) is 0 Å². The number of hydrogen-bond donors (Lipinski definition) is 1. The lowest BCUT2D eigenvalue weighted by molar-refractivity contribution is 0.103. The summed E-state index contributed by atoms with van der Waals surface area (Å²) in [7, 11) is 1.60. The summed E-state index contributed by atoms with van der Waals surface area (Å²) in [6, 6.07) is 11.2. The van der Waals surface area contributed by atoms with Crippen LogP contribution in [0.5, 0.6) is 11.5 Å². The van der Waals surface area contributed by atoms with Crippen LogP contribution in [-0.4, -0.2) is 18.0 Å². The van der Waals surface area contributed by atoms with Gasteiger partial charge in [0, 0.05) is 29.0 Å². The van der Waals surface area contributed by atoms with Crippen LogP contribution in [0.2, 0.25) is 0 Å². The first-order chi connectivity index (χ1) is 14.1. The van der Waals surface area contributed by atoms with E-state index >= 15 is 0 Å². The van der Waals surface area contributed by atoms with Crippen LogP contribution < -0.4 is 14.8 Å². The van der Waals surface area contributed by atoms with E-state index in [4.69, 9.17) is 9.47 Å². The van der Waals surface area contributed by atoms with E-state index in [1.165, 1.54) is 10.4 Å². The number of benzene rings is 1. The van der Waals surface area contributed by atoms with E-state index in [0.717, 1.165) is 29.7 Å². The number of aryl methyl sites for hydroxylation is 2. The number of anilines is 1. The molecule has 0 aliphatic heterocycles. The van der Waals surface area contributed by atoms with Crippen molar-refractivity contribution < 1.29 is 14.3 Å². The van der Waals surface area contributed by atoms with Crippen molar-refractivity contribution in [3.63, 3.8) is 0 Å². The summed E-state index contributed by atoms with van der Waals surface area (Å²) in [5, 5.41) is 2.98. The van der Waals surface area contributed by atoms with E-state index in [-0.39, 0.29) is 5.91 Å². The molecule has 3 rings (SSSR count). The van der Waals surface area contributed by atoms with Gasteiger partial charge in [0.1, 0.15) is 6.61 Å². The molecule has 2 aromatic heterocycles. The molecule has 0 bridgehead atoms. The summed E-state index contributed by atoms with van der Waals surface area (Å²) >= 11 is 1.58. The van der Waals surface area contributed by atoms with Gasteiger partial charge in [-0.25, -0.2) is 0 Å². The zero-order valence-electron chi connectivity index (χ0n) is 17.0. The second kappa shape index (κ2) is 10.1. The molecule has 152 valence electrons. The Morgan fingerprint density at radius 3 is 2.59 bits per heavy atom. The minimum Gasteiger partial charge on any atom is -0.493 e. The predicted molar refractivity (Wildman–Crippen MR) is 117 cm³/mol. The summed E-state index contributed by atoms with van der Waals surface area (Å²) < 4.78 is 11.3. The Morgan fingerprint density at radius 1 is 1.10 bits per heavy atom. The minimum atomic E-state index is -0.0997. The highest BCUT2D eigenvalue weighted by Crippen LogP contribution is 2.32. The lowest BCUT2D eigenvalue weighted by Gasteiger charge is -2.13. The molecule has 2 heterocycles. The van der Waals surface area contributed by atoms with E-state index in [2.05, 4.69) is 24.1 Å². The smallest absolute Gasteiger partial charge is 0.265 e. The molecule has 6 heteroatoms. The van der Waals surface area contributed by atoms with Crippen LogP contribution in [0.1, 0.15) is 45.9 Å². The molecule has 0 aliphatic rings. The average molecular weight is 411 g/mol. The second-order valence-electron chi connectivity index (χ2n) is 6.63. The molecule has 0 aliphatic carbocycles. The number of aromatic nitrogens is 1. The summed E-state index contributed by atoms with van der Waals surface area (Å²) in [6.45, 7) is 4.67. The molecule has 0 atom stereocenters. The Morgan fingerprint density at radius 2 is 1.90 bits per heavy atom. The average Bonchev–Trinajstić information content (AvgIpc) is 3.16. The van der Waals surface area contributed by atoms with Gasteiger partial charge in [0.2, 0.25) is 0 Å². The van der Waals surface area contributed by atoms with Gasteiger partial charge >= 0.3 is 0 Å². The number of nitrogens with zero attached hydrogens (tertiary/aromatic N) is 1. The molecule has 0 spiro atoms. The number of methoxy groups -OCH3 is 1. The van der Waals surface area contributed by atoms with E-state index in [1.807, 2.05) is 24.3 Å². The third-order valence-electron chi connectivity index (χ3n) is 4.54. The Balaban J connectivity index is 1.74. The molecule has 3 aromatic rings. The molecule has 0 fully saturated rings. The maximum atomic E-state index is 12.8. The predicted octanol–water partition coefficient (Wildman–Crippen LogP) is 5.50. The zero-order valence-corrected chi connectivity index (χ0v) is 17.8. The minimum absolute atomic E-state index is 0.0997. The number of carbonyl (C=O) groups excluding carboxylic acids is 1. The molecule has 5 nitrogen and oxygen atoms in total. The number of nitrogens with one attached hydrogen (secondary N) is 1.